The molecule has 118 valence electrons. The number of hydrogen-bond donors (Lipinski definition) is 0. The molecule has 2 rings (SSSR count). The van der Waals surface area contributed by atoms with E-state index in [2.05, 4.69) is 53.8 Å². The number of rotatable bonds is 3. The molecule has 0 fully saturated rings. The van der Waals surface area contributed by atoms with Crippen molar-refractivity contribution in [1.82, 2.24) is 9.13 Å². The fourth-order valence-corrected chi connectivity index (χ4v) is 8.44. The summed E-state index contributed by atoms with van der Waals surface area (Å²) in [7, 11) is 13.7. The molecule has 1 heterocycles. The Morgan fingerprint density at radius 1 is 0.905 bits per heavy atom. The molecule has 1 aromatic heterocycles. The van der Waals surface area contributed by atoms with Crippen LogP contribution < -0.4 is 0 Å². The van der Waals surface area contributed by atoms with E-state index in [0.717, 1.165) is 9.58 Å². The average molecular weight is 414 g/mol. The Morgan fingerprint density at radius 2 is 1.38 bits per heavy atom. The zero-order chi connectivity index (χ0) is 15.6. The molecular weight excluding hydrogens is 392 g/mol. The quantitative estimate of drug-likeness (QED) is 0.604. The molecule has 0 aliphatic rings. The first kappa shape index (κ1) is 16.9. The van der Waals surface area contributed by atoms with Gasteiger partial charge in [-0.2, -0.15) is 0 Å². The van der Waals surface area contributed by atoms with Gasteiger partial charge in [-0.1, -0.05) is 0 Å². The SMILES string of the molecule is CC(C)n1ccn(C(C)C)[c]1=[Ru]([Cl])([Cl])=[CH]c1ccccc1. The summed E-state index contributed by atoms with van der Waals surface area (Å²) in [6, 6.07) is 10.8. The average Bonchev–Trinajstić information content (AvgIpc) is 2.85. The summed E-state index contributed by atoms with van der Waals surface area (Å²) >= 11 is -3.11. The third-order valence-electron chi connectivity index (χ3n) is 3.17. The van der Waals surface area contributed by atoms with Crippen LogP contribution in [0.2, 0.25) is 0 Å². The Labute approximate surface area is 136 Å². The molecule has 2 nitrogen and oxygen atoms in total. The van der Waals surface area contributed by atoms with Crippen molar-refractivity contribution in [2.24, 2.45) is 0 Å². The van der Waals surface area contributed by atoms with Gasteiger partial charge in [0.25, 0.3) is 0 Å². The topological polar surface area (TPSA) is 9.86 Å². The predicted octanol–water partition coefficient (Wildman–Crippen LogP) is 5.30. The van der Waals surface area contributed by atoms with Gasteiger partial charge in [0.2, 0.25) is 0 Å². The maximum atomic E-state index is 6.87. The second-order valence-corrected chi connectivity index (χ2v) is 14.8. The van der Waals surface area contributed by atoms with Crippen LogP contribution in [0.4, 0.5) is 0 Å². The molecule has 0 aliphatic heterocycles. The normalized spacial score (nSPS) is 13.0. The number of halogens is 2. The molecule has 1 aromatic carbocycles. The van der Waals surface area contributed by atoms with Gasteiger partial charge in [-0.3, -0.25) is 0 Å². The summed E-state index contributed by atoms with van der Waals surface area (Å²) < 4.78 is 7.52. The monoisotopic (exact) mass is 414 g/mol. The second kappa shape index (κ2) is 6.73. The van der Waals surface area contributed by atoms with Crippen molar-refractivity contribution in [1.29, 1.82) is 0 Å². The van der Waals surface area contributed by atoms with Crippen LogP contribution in [0.25, 0.3) is 0 Å². The van der Waals surface area contributed by atoms with Gasteiger partial charge < -0.3 is 0 Å². The number of aromatic nitrogens is 2. The molecule has 21 heavy (non-hydrogen) atoms. The van der Waals surface area contributed by atoms with Crippen LogP contribution in [-0.2, 0) is 11.9 Å². The van der Waals surface area contributed by atoms with Crippen LogP contribution in [0.15, 0.2) is 42.7 Å². The van der Waals surface area contributed by atoms with Crippen LogP contribution in [0, 0.1) is 4.01 Å². The zero-order valence-electron chi connectivity index (χ0n) is 12.8. The predicted molar refractivity (Wildman–Crippen MR) is 89.7 cm³/mol. The van der Waals surface area contributed by atoms with E-state index in [4.69, 9.17) is 19.4 Å². The minimum absolute atomic E-state index is 0.335. The molecule has 0 radical (unpaired) electrons. The molecule has 2 aromatic rings. The maximum absolute atomic E-state index is 6.87. The second-order valence-electron chi connectivity index (χ2n) is 5.51. The van der Waals surface area contributed by atoms with E-state index in [-0.39, 0.29) is 0 Å². The Balaban J connectivity index is 2.89. The van der Waals surface area contributed by atoms with Crippen molar-refractivity contribution in [2.75, 3.05) is 0 Å². The molecule has 0 saturated carbocycles. The fourth-order valence-electron chi connectivity index (χ4n) is 2.11. The summed E-state index contributed by atoms with van der Waals surface area (Å²) in [4.78, 5) is 0. The van der Waals surface area contributed by atoms with Crippen molar-refractivity contribution in [3.63, 3.8) is 0 Å². The van der Waals surface area contributed by atoms with E-state index < -0.39 is 11.9 Å². The van der Waals surface area contributed by atoms with Crippen molar-refractivity contribution in [3.8, 4) is 0 Å². The summed E-state index contributed by atoms with van der Waals surface area (Å²) in [5, 5.41) is 0. The standard InChI is InChI=1S/C9H16N2.C7H6.2ClH.Ru/c1-8(2)10-5-6-11(7-10)9(3)4;1-7-5-3-2-4-6-7;;;/h5-6,8-9H,1-4H3;1-6H;2*1H;/q;;;;+2/p-2. The molecule has 5 heteroatoms. The van der Waals surface area contributed by atoms with Gasteiger partial charge in [0.05, 0.1) is 0 Å². The molecule has 0 unspecified atom stereocenters. The van der Waals surface area contributed by atoms with Crippen molar-refractivity contribution >= 4 is 24.0 Å². The van der Waals surface area contributed by atoms with Crippen molar-refractivity contribution in [3.05, 3.63) is 52.3 Å². The van der Waals surface area contributed by atoms with E-state index in [9.17, 15) is 0 Å². The Bertz CT molecular complexity index is 725. The van der Waals surface area contributed by atoms with Crippen molar-refractivity contribution < 1.29 is 11.9 Å². The Morgan fingerprint density at radius 3 is 1.81 bits per heavy atom. The van der Waals surface area contributed by atoms with Gasteiger partial charge in [-0.15, -0.1) is 0 Å². The van der Waals surface area contributed by atoms with Crippen LogP contribution in [0.1, 0.15) is 45.3 Å². The van der Waals surface area contributed by atoms with Gasteiger partial charge in [-0.05, 0) is 0 Å². The van der Waals surface area contributed by atoms with Crippen LogP contribution in [0.5, 0.6) is 0 Å². The van der Waals surface area contributed by atoms with Gasteiger partial charge in [-0.25, -0.2) is 0 Å². The van der Waals surface area contributed by atoms with Gasteiger partial charge in [0, 0.05) is 0 Å². The molecule has 0 saturated heterocycles. The van der Waals surface area contributed by atoms with Gasteiger partial charge in [0.1, 0.15) is 0 Å². The molecule has 0 amide bonds. The number of hydrogen-bond acceptors (Lipinski definition) is 0. The van der Waals surface area contributed by atoms with E-state index in [1.807, 2.05) is 30.3 Å². The van der Waals surface area contributed by atoms with E-state index >= 15 is 0 Å². The van der Waals surface area contributed by atoms with E-state index in [0.29, 0.717) is 12.1 Å². The fraction of sp³-hybridized carbons (Fsp3) is 0.375. The summed E-state index contributed by atoms with van der Waals surface area (Å²) in [6.07, 6.45) is 4.17. The molecule has 0 bridgehead atoms. The first-order chi connectivity index (χ1) is 9.83. The Hall–Kier alpha value is -0.497. The summed E-state index contributed by atoms with van der Waals surface area (Å²) in [5.74, 6) is 0. The van der Waals surface area contributed by atoms with Crippen molar-refractivity contribution in [2.45, 2.75) is 39.8 Å². The molecule has 0 N–H and O–H groups in total. The van der Waals surface area contributed by atoms with Crippen LogP contribution >= 0.6 is 19.4 Å². The number of nitrogens with zero attached hydrogens (tertiary/aromatic N) is 2. The van der Waals surface area contributed by atoms with Crippen LogP contribution in [0.3, 0.4) is 0 Å². The number of imidazole rings is 1. The Kier molecular flexibility index (Phi) is 5.40. The van der Waals surface area contributed by atoms with E-state index in [1.165, 1.54) is 0 Å². The van der Waals surface area contributed by atoms with Gasteiger partial charge in [0.15, 0.2) is 0 Å². The zero-order valence-corrected chi connectivity index (χ0v) is 16.0. The third-order valence-corrected chi connectivity index (χ3v) is 8.64. The number of benzene rings is 1. The van der Waals surface area contributed by atoms with Crippen LogP contribution in [-0.4, -0.2) is 13.7 Å². The first-order valence-corrected chi connectivity index (χ1v) is 13.3. The molecular formula is C16H22Cl2N2Ru. The first-order valence-electron chi connectivity index (χ1n) is 6.97. The molecule has 0 aliphatic carbocycles. The summed E-state index contributed by atoms with van der Waals surface area (Å²) in [6.45, 7) is 8.61. The molecule has 0 atom stereocenters. The van der Waals surface area contributed by atoms with Gasteiger partial charge >= 0.3 is 137 Å². The third kappa shape index (κ3) is 3.83. The minimum atomic E-state index is -3.11. The van der Waals surface area contributed by atoms with E-state index in [1.54, 1.807) is 0 Å². The summed E-state index contributed by atoms with van der Waals surface area (Å²) in [5.41, 5.74) is 1.08. The molecule has 0 spiro atoms.